The molecule has 0 aromatic carbocycles. The summed E-state index contributed by atoms with van der Waals surface area (Å²) in [6, 6.07) is 3.67. The average Bonchev–Trinajstić information content (AvgIpc) is 2.58. The summed E-state index contributed by atoms with van der Waals surface area (Å²) in [5.41, 5.74) is 0.981. The van der Waals surface area contributed by atoms with Crippen LogP contribution in [0.15, 0.2) is 24.5 Å². The Morgan fingerprint density at radius 3 is 2.67 bits per heavy atom. The summed E-state index contributed by atoms with van der Waals surface area (Å²) >= 11 is 0. The van der Waals surface area contributed by atoms with Gasteiger partial charge in [0.25, 0.3) is 0 Å². The number of hydrogen-bond donors (Lipinski definition) is 1. The molecule has 6 nitrogen and oxygen atoms in total. The number of sulfonamides is 1. The lowest BCUT2D eigenvalue weighted by molar-refractivity contribution is -0.128. The van der Waals surface area contributed by atoms with Crippen LogP contribution in [0.5, 0.6) is 0 Å². The van der Waals surface area contributed by atoms with E-state index >= 15 is 0 Å². The number of amides is 1. The molecule has 1 amide bonds. The molecular formula is C11H15N3O3S. The molecule has 1 saturated heterocycles. The van der Waals surface area contributed by atoms with E-state index in [1.807, 2.05) is 12.1 Å². The van der Waals surface area contributed by atoms with Crippen LogP contribution in [0.2, 0.25) is 0 Å². The van der Waals surface area contributed by atoms with Crippen molar-refractivity contribution in [1.82, 2.24) is 9.88 Å². The van der Waals surface area contributed by atoms with Crippen LogP contribution in [0, 0.1) is 5.92 Å². The fourth-order valence-electron chi connectivity index (χ4n) is 2.16. The minimum absolute atomic E-state index is 0.0273. The van der Waals surface area contributed by atoms with Gasteiger partial charge in [-0.1, -0.05) is 0 Å². The molecule has 7 heteroatoms. The highest BCUT2D eigenvalue weighted by Gasteiger charge is 2.31. The highest BCUT2D eigenvalue weighted by atomic mass is 32.2. The fraction of sp³-hybridized carbons (Fsp3) is 0.455. The van der Waals surface area contributed by atoms with Gasteiger partial charge in [-0.15, -0.1) is 0 Å². The third-order valence-electron chi connectivity index (χ3n) is 2.89. The Balaban J connectivity index is 1.98. The number of nitrogens with two attached hydrogens (primary N) is 1. The molecule has 0 aliphatic carbocycles. The van der Waals surface area contributed by atoms with Crippen LogP contribution in [0.25, 0.3) is 0 Å². The van der Waals surface area contributed by atoms with Gasteiger partial charge in [-0.25, -0.2) is 13.6 Å². The van der Waals surface area contributed by atoms with E-state index in [4.69, 9.17) is 5.14 Å². The maximum atomic E-state index is 11.7. The van der Waals surface area contributed by atoms with Crippen molar-refractivity contribution in [2.45, 2.75) is 13.0 Å². The average molecular weight is 269 g/mol. The summed E-state index contributed by atoms with van der Waals surface area (Å²) < 4.78 is 22.0. The Hall–Kier alpha value is -1.47. The van der Waals surface area contributed by atoms with Crippen LogP contribution in [-0.2, 0) is 21.4 Å². The Bertz CT molecular complexity index is 530. The molecular weight excluding hydrogens is 254 g/mol. The molecule has 2 heterocycles. The Labute approximate surface area is 106 Å². The van der Waals surface area contributed by atoms with Gasteiger partial charge in [0.1, 0.15) is 0 Å². The zero-order valence-corrected chi connectivity index (χ0v) is 10.6. The Morgan fingerprint density at radius 2 is 2.06 bits per heavy atom. The van der Waals surface area contributed by atoms with Crippen molar-refractivity contribution in [2.75, 3.05) is 12.3 Å². The predicted molar refractivity (Wildman–Crippen MR) is 65.7 cm³/mol. The lowest BCUT2D eigenvalue weighted by atomic mass is 10.1. The molecule has 0 radical (unpaired) electrons. The largest absolute Gasteiger partial charge is 0.338 e. The minimum Gasteiger partial charge on any atom is -0.338 e. The molecule has 1 fully saturated rings. The van der Waals surface area contributed by atoms with Gasteiger partial charge in [0.05, 0.1) is 5.75 Å². The van der Waals surface area contributed by atoms with Gasteiger partial charge in [0, 0.05) is 37.8 Å². The van der Waals surface area contributed by atoms with Crippen LogP contribution in [0.3, 0.4) is 0 Å². The van der Waals surface area contributed by atoms with E-state index in [2.05, 4.69) is 4.98 Å². The molecule has 18 heavy (non-hydrogen) atoms. The van der Waals surface area contributed by atoms with Crippen LogP contribution >= 0.6 is 0 Å². The molecule has 98 valence electrons. The van der Waals surface area contributed by atoms with Crippen LogP contribution < -0.4 is 5.14 Å². The van der Waals surface area contributed by atoms with Gasteiger partial charge in [0.15, 0.2) is 0 Å². The summed E-state index contributed by atoms with van der Waals surface area (Å²) in [6.45, 7) is 0.931. The first-order valence-electron chi connectivity index (χ1n) is 5.61. The monoisotopic (exact) mass is 269 g/mol. The number of likely N-dealkylation sites (tertiary alicyclic amines) is 1. The van der Waals surface area contributed by atoms with Crippen LogP contribution in [-0.4, -0.2) is 36.5 Å². The number of rotatable bonds is 4. The lowest BCUT2D eigenvalue weighted by Crippen LogP contribution is -2.27. The normalized spacial score (nSPS) is 20.4. The summed E-state index contributed by atoms with van der Waals surface area (Å²) in [6.07, 6.45) is 3.58. The van der Waals surface area contributed by atoms with Crippen molar-refractivity contribution in [3.8, 4) is 0 Å². The molecule has 1 aromatic rings. The smallest absolute Gasteiger partial charge is 0.223 e. The number of hydrogen-bond acceptors (Lipinski definition) is 4. The van der Waals surface area contributed by atoms with Gasteiger partial charge >= 0.3 is 0 Å². The van der Waals surface area contributed by atoms with Gasteiger partial charge in [-0.05, 0) is 17.7 Å². The van der Waals surface area contributed by atoms with E-state index in [0.29, 0.717) is 13.1 Å². The molecule has 1 atom stereocenters. The maximum absolute atomic E-state index is 11.7. The number of pyridine rings is 1. The van der Waals surface area contributed by atoms with E-state index in [1.54, 1.807) is 17.3 Å². The van der Waals surface area contributed by atoms with Gasteiger partial charge < -0.3 is 4.90 Å². The van der Waals surface area contributed by atoms with Crippen LogP contribution in [0.1, 0.15) is 12.0 Å². The SMILES string of the molecule is NS(=O)(=O)CC1CC(=O)N(Cc2ccncc2)C1. The minimum atomic E-state index is -3.52. The number of nitrogens with zero attached hydrogens (tertiary/aromatic N) is 2. The van der Waals surface area contributed by atoms with Crippen molar-refractivity contribution >= 4 is 15.9 Å². The zero-order chi connectivity index (χ0) is 13.2. The van der Waals surface area contributed by atoms with Gasteiger partial charge in [0.2, 0.25) is 15.9 Å². The highest BCUT2D eigenvalue weighted by molar-refractivity contribution is 7.89. The lowest BCUT2D eigenvalue weighted by Gasteiger charge is -2.16. The standard InChI is InChI=1S/C11H15N3O3S/c12-18(16,17)8-10-5-11(15)14(7-10)6-9-1-3-13-4-2-9/h1-4,10H,5-8H2,(H2,12,16,17). The number of aromatic nitrogens is 1. The quantitative estimate of drug-likeness (QED) is 0.813. The third kappa shape index (κ3) is 3.51. The first kappa shape index (κ1) is 13.0. The van der Waals surface area contributed by atoms with Crippen LogP contribution in [0.4, 0.5) is 0 Å². The van der Waals surface area contributed by atoms with Crippen molar-refractivity contribution in [3.05, 3.63) is 30.1 Å². The van der Waals surface area contributed by atoms with E-state index in [9.17, 15) is 13.2 Å². The summed E-state index contributed by atoms with van der Waals surface area (Å²) in [4.78, 5) is 17.3. The molecule has 1 aromatic heterocycles. The molecule has 0 bridgehead atoms. The van der Waals surface area contributed by atoms with E-state index in [0.717, 1.165) is 5.56 Å². The highest BCUT2D eigenvalue weighted by Crippen LogP contribution is 2.20. The topological polar surface area (TPSA) is 93.4 Å². The fourth-order valence-corrected chi connectivity index (χ4v) is 3.04. The molecule has 2 N–H and O–H groups in total. The third-order valence-corrected chi connectivity index (χ3v) is 3.82. The van der Waals surface area contributed by atoms with Crippen molar-refractivity contribution < 1.29 is 13.2 Å². The van der Waals surface area contributed by atoms with Crippen molar-refractivity contribution in [1.29, 1.82) is 0 Å². The Kier molecular flexibility index (Phi) is 3.63. The second kappa shape index (κ2) is 5.03. The van der Waals surface area contributed by atoms with Gasteiger partial charge in [-0.2, -0.15) is 0 Å². The van der Waals surface area contributed by atoms with E-state index in [-0.39, 0.29) is 24.0 Å². The summed E-state index contributed by atoms with van der Waals surface area (Å²) in [5.74, 6) is -0.360. The molecule has 0 spiro atoms. The molecule has 1 aliphatic rings. The first-order valence-corrected chi connectivity index (χ1v) is 7.33. The second-order valence-electron chi connectivity index (χ2n) is 4.53. The maximum Gasteiger partial charge on any atom is 0.223 e. The first-order chi connectivity index (χ1) is 8.44. The molecule has 1 unspecified atom stereocenters. The second-order valence-corrected chi connectivity index (χ2v) is 6.19. The van der Waals surface area contributed by atoms with Gasteiger partial charge in [-0.3, -0.25) is 9.78 Å². The molecule has 2 rings (SSSR count). The number of primary sulfonamides is 1. The number of carbonyl (C=O) groups is 1. The Morgan fingerprint density at radius 1 is 1.39 bits per heavy atom. The molecule has 0 saturated carbocycles. The summed E-state index contributed by atoms with van der Waals surface area (Å²) in [7, 11) is -3.52. The predicted octanol–water partition coefficient (Wildman–Crippen LogP) is -0.281. The van der Waals surface area contributed by atoms with Crippen molar-refractivity contribution in [2.24, 2.45) is 11.1 Å². The van der Waals surface area contributed by atoms with E-state index in [1.165, 1.54) is 0 Å². The summed E-state index contributed by atoms with van der Waals surface area (Å²) in [5, 5.41) is 4.99. The van der Waals surface area contributed by atoms with E-state index < -0.39 is 10.0 Å². The zero-order valence-electron chi connectivity index (χ0n) is 9.82. The number of carbonyl (C=O) groups excluding carboxylic acids is 1. The molecule has 1 aliphatic heterocycles. The van der Waals surface area contributed by atoms with Crippen molar-refractivity contribution in [3.63, 3.8) is 0 Å².